The summed E-state index contributed by atoms with van der Waals surface area (Å²) in [5, 5.41) is 27.1. The lowest BCUT2D eigenvalue weighted by Crippen LogP contribution is -2.30. The number of phosphoric ester groups is 1. The molecule has 5 N–H and O–H groups in total. The second kappa shape index (κ2) is 4.62. The van der Waals surface area contributed by atoms with Gasteiger partial charge in [0.25, 0.3) is 0 Å². The van der Waals surface area contributed by atoms with Crippen LogP contribution in [0.25, 0.3) is 0 Å². The van der Waals surface area contributed by atoms with E-state index in [0.29, 0.717) is 6.08 Å². The minimum Gasteiger partial charge on any atom is -0.478 e. The van der Waals surface area contributed by atoms with Gasteiger partial charge < -0.3 is 25.1 Å². The van der Waals surface area contributed by atoms with Gasteiger partial charge in [0.1, 0.15) is 12.2 Å². The topological polar surface area (TPSA) is 145 Å². The number of carbonyl (C=O) groups is 1. The van der Waals surface area contributed by atoms with Crippen LogP contribution in [-0.4, -0.2) is 49.4 Å². The van der Waals surface area contributed by atoms with E-state index in [1.165, 1.54) is 0 Å². The first-order valence-electron chi connectivity index (χ1n) is 4.24. The average molecular weight is 254 g/mol. The summed E-state index contributed by atoms with van der Waals surface area (Å²) >= 11 is 0. The molecular weight excluding hydrogens is 243 g/mol. The molecule has 1 aliphatic carbocycles. The van der Waals surface area contributed by atoms with Crippen molar-refractivity contribution in [1.29, 1.82) is 0 Å². The lowest BCUT2D eigenvalue weighted by Gasteiger charge is -2.18. The van der Waals surface area contributed by atoms with E-state index in [2.05, 4.69) is 4.52 Å². The van der Waals surface area contributed by atoms with E-state index >= 15 is 0 Å². The molecule has 0 amide bonds. The number of carboxylic acids is 1. The predicted octanol–water partition coefficient (Wildman–Crippen LogP) is -1.40. The number of aliphatic hydroxyl groups is 2. The van der Waals surface area contributed by atoms with Crippen molar-refractivity contribution in [2.75, 3.05) is 0 Å². The Bertz CT molecular complexity index is 357. The minimum absolute atomic E-state index is 0.0733. The number of hydrogen-bond donors (Lipinski definition) is 5. The third-order valence-electron chi connectivity index (χ3n) is 2.07. The molecule has 1 rings (SSSR count). The van der Waals surface area contributed by atoms with Crippen LogP contribution in [0.5, 0.6) is 0 Å². The van der Waals surface area contributed by atoms with E-state index in [-0.39, 0.29) is 12.0 Å². The molecule has 3 atom stereocenters. The Labute approximate surface area is 90.0 Å². The molecule has 0 aromatic carbocycles. The van der Waals surface area contributed by atoms with E-state index in [9.17, 15) is 19.6 Å². The molecular formula is C7H11O8P. The van der Waals surface area contributed by atoms with Gasteiger partial charge in [0.15, 0.2) is 0 Å². The molecule has 0 unspecified atom stereocenters. The lowest BCUT2D eigenvalue weighted by atomic mass is 10.2. The molecule has 0 spiro atoms. The Morgan fingerprint density at radius 3 is 2.44 bits per heavy atom. The summed E-state index contributed by atoms with van der Waals surface area (Å²) in [5.41, 5.74) is -0.0733. The van der Waals surface area contributed by atoms with Crippen molar-refractivity contribution in [2.24, 2.45) is 0 Å². The Morgan fingerprint density at radius 1 is 1.44 bits per heavy atom. The van der Waals surface area contributed by atoms with Crippen LogP contribution >= 0.6 is 7.82 Å². The van der Waals surface area contributed by atoms with Crippen molar-refractivity contribution in [1.82, 2.24) is 0 Å². The molecule has 1 saturated carbocycles. The highest BCUT2D eigenvalue weighted by atomic mass is 31.2. The van der Waals surface area contributed by atoms with Crippen LogP contribution in [0.1, 0.15) is 6.42 Å². The van der Waals surface area contributed by atoms with E-state index in [0.717, 1.165) is 0 Å². The maximum Gasteiger partial charge on any atom is 0.470 e. The van der Waals surface area contributed by atoms with Gasteiger partial charge in [0, 0.05) is 12.5 Å². The zero-order chi connectivity index (χ0) is 12.5. The van der Waals surface area contributed by atoms with Crippen molar-refractivity contribution in [3.05, 3.63) is 11.6 Å². The highest BCUT2D eigenvalue weighted by Crippen LogP contribution is 2.43. The number of aliphatic hydroxyl groups excluding tert-OH is 2. The molecule has 92 valence electrons. The van der Waals surface area contributed by atoms with Gasteiger partial charge in [-0.05, 0) is 5.57 Å². The fourth-order valence-electron chi connectivity index (χ4n) is 1.48. The number of rotatable bonds is 3. The fraction of sp³-hybridized carbons (Fsp3) is 0.571. The summed E-state index contributed by atoms with van der Waals surface area (Å²) < 4.78 is 14.8. The molecule has 0 aromatic rings. The third-order valence-corrected chi connectivity index (χ3v) is 2.58. The minimum atomic E-state index is -4.86. The summed E-state index contributed by atoms with van der Waals surface area (Å²) in [7, 11) is -4.86. The number of phosphoric acid groups is 1. The largest absolute Gasteiger partial charge is 0.478 e. The smallest absolute Gasteiger partial charge is 0.470 e. The molecule has 16 heavy (non-hydrogen) atoms. The quantitative estimate of drug-likeness (QED) is 0.305. The van der Waals surface area contributed by atoms with Gasteiger partial charge in [0.05, 0.1) is 6.10 Å². The van der Waals surface area contributed by atoms with E-state index < -0.39 is 32.1 Å². The van der Waals surface area contributed by atoms with Gasteiger partial charge in [-0.1, -0.05) is 0 Å². The zero-order valence-corrected chi connectivity index (χ0v) is 8.82. The third kappa shape index (κ3) is 3.38. The summed E-state index contributed by atoms with van der Waals surface area (Å²) in [4.78, 5) is 27.5. The molecule has 1 fully saturated rings. The van der Waals surface area contributed by atoms with Gasteiger partial charge in [-0.2, -0.15) is 0 Å². The maximum atomic E-state index is 10.6. The highest BCUT2D eigenvalue weighted by Gasteiger charge is 2.42. The molecule has 0 radical (unpaired) electrons. The van der Waals surface area contributed by atoms with Gasteiger partial charge in [0.2, 0.25) is 0 Å². The van der Waals surface area contributed by atoms with Gasteiger partial charge in [-0.15, -0.1) is 0 Å². The SMILES string of the molecule is O=C(O)/C=C1\C[C@@H](O)[C@H](O)[C@@H]1OP(=O)(O)O. The van der Waals surface area contributed by atoms with Crippen molar-refractivity contribution < 1.29 is 39.0 Å². The van der Waals surface area contributed by atoms with Crippen LogP contribution in [0.3, 0.4) is 0 Å². The average Bonchev–Trinajstić information content (AvgIpc) is 2.30. The molecule has 9 heteroatoms. The summed E-state index contributed by atoms with van der Waals surface area (Å²) in [6.45, 7) is 0. The van der Waals surface area contributed by atoms with Gasteiger partial charge in [-0.25, -0.2) is 9.36 Å². The molecule has 8 nitrogen and oxygen atoms in total. The molecule has 0 heterocycles. The summed E-state index contributed by atoms with van der Waals surface area (Å²) in [5.74, 6) is -1.35. The normalized spacial score (nSPS) is 33.2. The van der Waals surface area contributed by atoms with Crippen molar-refractivity contribution >= 4 is 13.8 Å². The predicted molar refractivity (Wildman–Crippen MR) is 49.3 cm³/mol. The number of hydrogen-bond acceptors (Lipinski definition) is 5. The van der Waals surface area contributed by atoms with E-state index in [1.807, 2.05) is 0 Å². The monoisotopic (exact) mass is 254 g/mol. The number of carboxylic acid groups (broad SMARTS) is 1. The standard InChI is InChI=1S/C7H11O8P/c8-4-1-3(2-5(9)10)7(6(4)11)15-16(12,13)14/h2,4,6-8,11H,1H2,(H,9,10)(H2,12,13,14)/b3-2+/t4-,6+,7-/m1/s1. The van der Waals surface area contributed by atoms with Crippen LogP contribution in [0, 0.1) is 0 Å². The van der Waals surface area contributed by atoms with Crippen LogP contribution in [0.4, 0.5) is 0 Å². The summed E-state index contributed by atoms with van der Waals surface area (Å²) in [6.07, 6.45) is -3.93. The van der Waals surface area contributed by atoms with Gasteiger partial charge in [-0.3, -0.25) is 4.52 Å². The molecule has 1 aliphatic rings. The lowest BCUT2D eigenvalue weighted by molar-refractivity contribution is -0.131. The van der Waals surface area contributed by atoms with Crippen LogP contribution in [-0.2, 0) is 13.9 Å². The molecule has 0 aliphatic heterocycles. The molecule has 0 aromatic heterocycles. The number of aliphatic carboxylic acids is 1. The van der Waals surface area contributed by atoms with Crippen molar-refractivity contribution in [3.8, 4) is 0 Å². The highest BCUT2D eigenvalue weighted by molar-refractivity contribution is 7.46. The Hall–Kier alpha value is -0.760. The van der Waals surface area contributed by atoms with E-state index in [4.69, 9.17) is 14.9 Å². The van der Waals surface area contributed by atoms with Crippen LogP contribution in [0.15, 0.2) is 11.6 Å². The molecule has 0 saturated heterocycles. The Kier molecular flexibility index (Phi) is 3.84. The maximum absolute atomic E-state index is 10.6. The van der Waals surface area contributed by atoms with Crippen molar-refractivity contribution in [2.45, 2.75) is 24.7 Å². The van der Waals surface area contributed by atoms with Gasteiger partial charge >= 0.3 is 13.8 Å². The van der Waals surface area contributed by atoms with Crippen LogP contribution < -0.4 is 0 Å². The first-order valence-corrected chi connectivity index (χ1v) is 5.77. The van der Waals surface area contributed by atoms with Crippen molar-refractivity contribution in [3.63, 3.8) is 0 Å². The van der Waals surface area contributed by atoms with Crippen LogP contribution in [0.2, 0.25) is 0 Å². The Morgan fingerprint density at radius 2 is 2.00 bits per heavy atom. The van der Waals surface area contributed by atoms with E-state index in [1.54, 1.807) is 0 Å². The Balaban J connectivity index is 2.92. The summed E-state index contributed by atoms with van der Waals surface area (Å²) in [6, 6.07) is 0. The molecule has 0 bridgehead atoms. The fourth-order valence-corrected chi connectivity index (χ4v) is 2.03. The second-order valence-electron chi connectivity index (χ2n) is 3.34. The first kappa shape index (κ1) is 13.3. The second-order valence-corrected chi connectivity index (χ2v) is 4.53. The zero-order valence-electron chi connectivity index (χ0n) is 7.92. The first-order chi connectivity index (χ1) is 7.20.